The zero-order valence-electron chi connectivity index (χ0n) is 17.6. The zero-order chi connectivity index (χ0) is 21.8. The van der Waals surface area contributed by atoms with Crippen LogP contribution in [-0.4, -0.2) is 50.0 Å². The van der Waals surface area contributed by atoms with E-state index in [2.05, 4.69) is 30.7 Å². The van der Waals surface area contributed by atoms with E-state index in [0.29, 0.717) is 23.0 Å². The number of hydrogen-bond acceptors (Lipinski definition) is 8. The van der Waals surface area contributed by atoms with E-state index in [4.69, 9.17) is 4.98 Å². The van der Waals surface area contributed by atoms with Crippen molar-refractivity contribution < 1.29 is 14.6 Å². The van der Waals surface area contributed by atoms with Gasteiger partial charge in [-0.25, -0.2) is 9.78 Å². The summed E-state index contributed by atoms with van der Waals surface area (Å²) in [6.45, 7) is 2.77. The highest BCUT2D eigenvalue weighted by Crippen LogP contribution is 2.27. The van der Waals surface area contributed by atoms with Gasteiger partial charge in [-0.05, 0) is 50.8 Å². The number of aliphatic hydroxyl groups excluding tert-OH is 1. The SMILES string of the molecule is CCn1cnc2c(Nc3cccc(NC(=O)OC)c3)nc(N[C@H]3CC[C@H](O)CC3)nc21. The maximum absolute atomic E-state index is 11.5. The molecule has 2 aromatic heterocycles. The fourth-order valence-corrected chi connectivity index (χ4v) is 3.71. The number of nitrogens with zero attached hydrogens (tertiary/aromatic N) is 4. The Morgan fingerprint density at radius 2 is 2.00 bits per heavy atom. The third-order valence-electron chi connectivity index (χ3n) is 5.39. The molecular formula is C21H27N7O3. The van der Waals surface area contributed by atoms with E-state index in [1.54, 1.807) is 18.5 Å². The molecule has 1 aliphatic carbocycles. The third-order valence-corrected chi connectivity index (χ3v) is 5.39. The van der Waals surface area contributed by atoms with E-state index in [0.717, 1.165) is 43.6 Å². The number of carbonyl (C=O) groups excluding carboxylic acids is 1. The largest absolute Gasteiger partial charge is 0.453 e. The first kappa shape index (κ1) is 20.9. The molecule has 0 saturated heterocycles. The lowest BCUT2D eigenvalue weighted by atomic mass is 9.93. The standard InChI is InChI=1S/C21H27N7O3/c1-3-28-12-22-17-18(23-14-5-4-6-15(11-14)25-21(30)31-2)26-20(27-19(17)28)24-13-7-9-16(29)10-8-13/h4-6,11-13,16,29H,3,7-10H2,1-2H3,(H,25,30)(H2,23,24,26,27)/t13-,16-. The van der Waals surface area contributed by atoms with E-state index >= 15 is 0 Å². The normalized spacial score (nSPS) is 18.5. The number of carbonyl (C=O) groups is 1. The van der Waals surface area contributed by atoms with Crippen LogP contribution < -0.4 is 16.0 Å². The molecule has 164 valence electrons. The predicted octanol–water partition coefficient (Wildman–Crippen LogP) is 3.48. The number of fused-ring (bicyclic) bond motifs is 1. The third kappa shape index (κ3) is 4.85. The minimum Gasteiger partial charge on any atom is -0.453 e. The number of ether oxygens (including phenoxy) is 1. The van der Waals surface area contributed by atoms with Crippen molar-refractivity contribution in [2.45, 2.75) is 51.3 Å². The second-order valence-electron chi connectivity index (χ2n) is 7.57. The van der Waals surface area contributed by atoms with Gasteiger partial charge in [-0.15, -0.1) is 0 Å². The minimum absolute atomic E-state index is 0.217. The van der Waals surface area contributed by atoms with E-state index in [1.165, 1.54) is 7.11 Å². The van der Waals surface area contributed by atoms with Gasteiger partial charge in [0.2, 0.25) is 5.95 Å². The van der Waals surface area contributed by atoms with Crippen LogP contribution in [0.5, 0.6) is 0 Å². The first-order valence-electron chi connectivity index (χ1n) is 10.4. The van der Waals surface area contributed by atoms with Crippen LogP contribution in [0.4, 0.5) is 27.9 Å². The Hall–Kier alpha value is -3.40. The first-order chi connectivity index (χ1) is 15.1. The number of rotatable bonds is 6. The lowest BCUT2D eigenvalue weighted by molar-refractivity contribution is 0.126. The lowest BCUT2D eigenvalue weighted by Gasteiger charge is -2.26. The van der Waals surface area contributed by atoms with Gasteiger partial charge in [0.1, 0.15) is 0 Å². The van der Waals surface area contributed by atoms with Crippen LogP contribution in [0.3, 0.4) is 0 Å². The van der Waals surface area contributed by atoms with Crippen molar-refractivity contribution in [3.63, 3.8) is 0 Å². The fourth-order valence-electron chi connectivity index (χ4n) is 3.71. The summed E-state index contributed by atoms with van der Waals surface area (Å²) in [7, 11) is 1.32. The maximum Gasteiger partial charge on any atom is 0.411 e. The van der Waals surface area contributed by atoms with E-state index in [-0.39, 0.29) is 12.1 Å². The van der Waals surface area contributed by atoms with Crippen LogP contribution in [0, 0.1) is 0 Å². The highest BCUT2D eigenvalue weighted by Gasteiger charge is 2.21. The molecular weight excluding hydrogens is 398 g/mol. The average Bonchev–Trinajstić information content (AvgIpc) is 3.19. The number of aryl methyl sites for hydroxylation is 1. The summed E-state index contributed by atoms with van der Waals surface area (Å²) in [5.74, 6) is 1.10. The van der Waals surface area contributed by atoms with Crippen LogP contribution in [0.15, 0.2) is 30.6 Å². The number of benzene rings is 1. The molecule has 0 aliphatic heterocycles. The van der Waals surface area contributed by atoms with Crippen LogP contribution in [-0.2, 0) is 11.3 Å². The van der Waals surface area contributed by atoms with Crippen molar-refractivity contribution in [1.29, 1.82) is 0 Å². The van der Waals surface area contributed by atoms with Crippen LogP contribution in [0.25, 0.3) is 11.2 Å². The number of nitrogens with one attached hydrogen (secondary N) is 3. The monoisotopic (exact) mass is 425 g/mol. The molecule has 31 heavy (non-hydrogen) atoms. The Morgan fingerprint density at radius 3 is 2.74 bits per heavy atom. The molecule has 3 aromatic rings. The van der Waals surface area contributed by atoms with Gasteiger partial charge in [0, 0.05) is 24.0 Å². The number of hydrogen-bond donors (Lipinski definition) is 4. The average molecular weight is 425 g/mol. The summed E-state index contributed by atoms with van der Waals surface area (Å²) in [5.41, 5.74) is 2.74. The Labute approximate surface area is 180 Å². The summed E-state index contributed by atoms with van der Waals surface area (Å²) in [4.78, 5) is 25.4. The number of imidazole rings is 1. The van der Waals surface area contributed by atoms with Gasteiger partial charge >= 0.3 is 6.09 Å². The Morgan fingerprint density at radius 1 is 1.23 bits per heavy atom. The summed E-state index contributed by atoms with van der Waals surface area (Å²) < 4.78 is 6.62. The molecule has 1 amide bonds. The second-order valence-corrected chi connectivity index (χ2v) is 7.57. The van der Waals surface area contributed by atoms with Crippen LogP contribution >= 0.6 is 0 Å². The van der Waals surface area contributed by atoms with Crippen molar-refractivity contribution in [1.82, 2.24) is 19.5 Å². The van der Waals surface area contributed by atoms with Crippen LogP contribution in [0.2, 0.25) is 0 Å². The molecule has 4 N–H and O–H groups in total. The van der Waals surface area contributed by atoms with Gasteiger partial charge in [-0.1, -0.05) is 6.07 Å². The van der Waals surface area contributed by atoms with E-state index < -0.39 is 6.09 Å². The number of anilines is 4. The quantitative estimate of drug-likeness (QED) is 0.473. The molecule has 1 fully saturated rings. The molecule has 1 aromatic carbocycles. The molecule has 10 nitrogen and oxygen atoms in total. The van der Waals surface area contributed by atoms with Gasteiger partial charge in [-0.3, -0.25) is 5.32 Å². The Kier molecular flexibility index (Phi) is 6.17. The summed E-state index contributed by atoms with van der Waals surface area (Å²) in [6.07, 6.45) is 4.30. The lowest BCUT2D eigenvalue weighted by Crippen LogP contribution is -2.29. The topological polar surface area (TPSA) is 126 Å². The van der Waals surface area contributed by atoms with Gasteiger partial charge in [0.05, 0.1) is 19.5 Å². The van der Waals surface area contributed by atoms with E-state index in [1.807, 2.05) is 23.6 Å². The van der Waals surface area contributed by atoms with Gasteiger partial charge in [-0.2, -0.15) is 9.97 Å². The summed E-state index contributed by atoms with van der Waals surface area (Å²) in [6, 6.07) is 7.48. The molecule has 0 radical (unpaired) electrons. The van der Waals surface area contributed by atoms with Crippen molar-refractivity contribution in [2.24, 2.45) is 0 Å². The molecule has 1 saturated carbocycles. The summed E-state index contributed by atoms with van der Waals surface area (Å²) in [5, 5.41) is 19.1. The fraction of sp³-hybridized carbons (Fsp3) is 0.429. The van der Waals surface area contributed by atoms with Gasteiger partial charge in [0.25, 0.3) is 0 Å². The smallest absolute Gasteiger partial charge is 0.411 e. The number of methoxy groups -OCH3 is 1. The molecule has 0 unspecified atom stereocenters. The number of amides is 1. The van der Waals surface area contributed by atoms with Crippen molar-refractivity contribution in [3.05, 3.63) is 30.6 Å². The maximum atomic E-state index is 11.5. The number of aromatic nitrogens is 4. The molecule has 1 aliphatic rings. The van der Waals surface area contributed by atoms with Gasteiger partial charge in [0.15, 0.2) is 17.0 Å². The summed E-state index contributed by atoms with van der Waals surface area (Å²) >= 11 is 0. The second kappa shape index (κ2) is 9.17. The molecule has 0 atom stereocenters. The van der Waals surface area contributed by atoms with Crippen molar-refractivity contribution >= 4 is 40.4 Å². The van der Waals surface area contributed by atoms with E-state index in [9.17, 15) is 9.90 Å². The van der Waals surface area contributed by atoms with Gasteiger partial charge < -0.3 is 25.0 Å². The first-order valence-corrected chi connectivity index (χ1v) is 10.4. The van der Waals surface area contributed by atoms with Crippen molar-refractivity contribution in [2.75, 3.05) is 23.1 Å². The molecule has 10 heteroatoms. The molecule has 2 heterocycles. The Bertz CT molecular complexity index is 1060. The zero-order valence-corrected chi connectivity index (χ0v) is 17.6. The predicted molar refractivity (Wildman–Crippen MR) is 119 cm³/mol. The minimum atomic E-state index is -0.535. The Balaban J connectivity index is 1.62. The van der Waals surface area contributed by atoms with Crippen LogP contribution in [0.1, 0.15) is 32.6 Å². The molecule has 0 spiro atoms. The van der Waals surface area contributed by atoms with Crippen molar-refractivity contribution in [3.8, 4) is 0 Å². The highest BCUT2D eigenvalue weighted by molar-refractivity contribution is 5.88. The highest BCUT2D eigenvalue weighted by atomic mass is 16.5. The number of aliphatic hydroxyl groups is 1. The molecule has 0 bridgehead atoms. The molecule has 4 rings (SSSR count).